The van der Waals surface area contributed by atoms with Crippen LogP contribution in [-0.2, 0) is 7.05 Å². The quantitative estimate of drug-likeness (QED) is 0.875. The summed E-state index contributed by atoms with van der Waals surface area (Å²) in [6.45, 7) is 8.84. The summed E-state index contributed by atoms with van der Waals surface area (Å²) in [4.78, 5) is 0. The van der Waals surface area contributed by atoms with Gasteiger partial charge in [0.1, 0.15) is 0 Å². The lowest BCUT2D eigenvalue weighted by Gasteiger charge is -2.41. The highest BCUT2D eigenvalue weighted by atomic mass is 15.3. The fraction of sp³-hybridized carbons (Fsp3) is 0.688. The molecule has 0 bridgehead atoms. The summed E-state index contributed by atoms with van der Waals surface area (Å²) < 4.78 is 1.88. The van der Waals surface area contributed by atoms with E-state index >= 15 is 0 Å². The fourth-order valence-electron chi connectivity index (χ4n) is 3.30. The lowest BCUT2D eigenvalue weighted by atomic mass is 9.74. The Hall–Kier alpha value is -1.25. The van der Waals surface area contributed by atoms with Gasteiger partial charge < -0.3 is 5.32 Å². The highest BCUT2D eigenvalue weighted by Gasteiger charge is 2.33. The first-order valence-corrected chi connectivity index (χ1v) is 7.52. The van der Waals surface area contributed by atoms with E-state index < -0.39 is 0 Å². The van der Waals surface area contributed by atoms with Crippen molar-refractivity contribution in [3.05, 3.63) is 24.5 Å². The maximum Gasteiger partial charge on any atom is 0.0831 e. The van der Waals surface area contributed by atoms with Crippen LogP contribution in [0.1, 0.15) is 58.1 Å². The molecule has 19 heavy (non-hydrogen) atoms. The fourth-order valence-corrected chi connectivity index (χ4v) is 3.30. The van der Waals surface area contributed by atoms with Crippen LogP contribution in [0.15, 0.2) is 18.8 Å². The average molecular weight is 261 g/mol. The number of hydrogen-bond donors (Lipinski definition) is 1. The van der Waals surface area contributed by atoms with Gasteiger partial charge in [0, 0.05) is 18.8 Å². The van der Waals surface area contributed by atoms with E-state index in [1.807, 2.05) is 24.0 Å². The van der Waals surface area contributed by atoms with Crippen LogP contribution >= 0.6 is 0 Å². The summed E-state index contributed by atoms with van der Waals surface area (Å²) in [5, 5.41) is 7.92. The third-order valence-electron chi connectivity index (χ3n) is 4.81. The van der Waals surface area contributed by atoms with Crippen LogP contribution in [-0.4, -0.2) is 15.3 Å². The topological polar surface area (TPSA) is 29.9 Å². The van der Waals surface area contributed by atoms with Crippen molar-refractivity contribution in [3.63, 3.8) is 0 Å². The van der Waals surface area contributed by atoms with E-state index in [9.17, 15) is 0 Å². The van der Waals surface area contributed by atoms with E-state index in [4.69, 9.17) is 0 Å². The summed E-state index contributed by atoms with van der Waals surface area (Å²) in [6, 6.07) is 2.02. The average Bonchev–Trinajstić information content (AvgIpc) is 2.86. The Morgan fingerprint density at radius 1 is 1.47 bits per heavy atom. The number of aryl methyl sites for hydroxylation is 1. The summed E-state index contributed by atoms with van der Waals surface area (Å²) in [7, 11) is 1.96. The third-order valence-corrected chi connectivity index (χ3v) is 4.81. The van der Waals surface area contributed by atoms with Crippen molar-refractivity contribution in [2.45, 2.75) is 57.9 Å². The maximum absolute atomic E-state index is 4.22. The Morgan fingerprint density at radius 2 is 2.16 bits per heavy atom. The molecule has 1 aromatic rings. The first kappa shape index (κ1) is 14.2. The zero-order valence-electron chi connectivity index (χ0n) is 12.6. The molecular weight excluding hydrogens is 234 g/mol. The first-order chi connectivity index (χ1) is 9.07. The van der Waals surface area contributed by atoms with Gasteiger partial charge in [0.05, 0.1) is 11.4 Å². The van der Waals surface area contributed by atoms with Crippen molar-refractivity contribution >= 4 is 5.70 Å². The van der Waals surface area contributed by atoms with E-state index in [1.165, 1.54) is 32.1 Å². The minimum absolute atomic E-state index is 0.155. The van der Waals surface area contributed by atoms with Crippen LogP contribution in [0.4, 0.5) is 0 Å². The molecule has 1 heterocycles. The molecule has 1 aliphatic rings. The molecule has 0 aromatic carbocycles. The van der Waals surface area contributed by atoms with Gasteiger partial charge in [0.25, 0.3) is 0 Å². The zero-order chi connectivity index (χ0) is 13.9. The second-order valence-electron chi connectivity index (χ2n) is 6.05. The highest BCUT2D eigenvalue weighted by Crippen LogP contribution is 2.35. The minimum Gasteiger partial charge on any atom is -0.378 e. The van der Waals surface area contributed by atoms with Crippen molar-refractivity contribution in [3.8, 4) is 0 Å². The van der Waals surface area contributed by atoms with Gasteiger partial charge in [-0.3, -0.25) is 4.68 Å². The van der Waals surface area contributed by atoms with Crippen LogP contribution in [0.2, 0.25) is 0 Å². The van der Waals surface area contributed by atoms with Gasteiger partial charge in [-0.2, -0.15) is 5.10 Å². The molecule has 0 aliphatic heterocycles. The Bertz CT molecular complexity index is 429. The van der Waals surface area contributed by atoms with Crippen molar-refractivity contribution in [1.29, 1.82) is 0 Å². The predicted molar refractivity (Wildman–Crippen MR) is 80.6 cm³/mol. The normalized spacial score (nSPS) is 19.9. The molecule has 3 heteroatoms. The predicted octanol–water partition coefficient (Wildman–Crippen LogP) is 3.73. The van der Waals surface area contributed by atoms with Gasteiger partial charge in [-0.05, 0) is 38.2 Å². The Kier molecular flexibility index (Phi) is 4.33. The summed E-state index contributed by atoms with van der Waals surface area (Å²) >= 11 is 0. The van der Waals surface area contributed by atoms with Crippen LogP contribution in [0.3, 0.4) is 0 Å². The van der Waals surface area contributed by atoms with E-state index in [1.54, 1.807) is 0 Å². The molecule has 0 spiro atoms. The van der Waals surface area contributed by atoms with Crippen LogP contribution in [0, 0.1) is 5.92 Å². The van der Waals surface area contributed by atoms with Gasteiger partial charge in [0.2, 0.25) is 0 Å². The number of aromatic nitrogens is 2. The van der Waals surface area contributed by atoms with Crippen molar-refractivity contribution in [1.82, 2.24) is 15.1 Å². The summed E-state index contributed by atoms with van der Waals surface area (Å²) in [5.41, 5.74) is 2.23. The van der Waals surface area contributed by atoms with Gasteiger partial charge >= 0.3 is 0 Å². The second kappa shape index (κ2) is 5.81. The van der Waals surface area contributed by atoms with E-state index in [0.29, 0.717) is 0 Å². The first-order valence-electron chi connectivity index (χ1n) is 7.52. The van der Waals surface area contributed by atoms with E-state index in [-0.39, 0.29) is 5.54 Å². The molecule has 1 aromatic heterocycles. The smallest absolute Gasteiger partial charge is 0.0831 e. The summed E-state index contributed by atoms with van der Waals surface area (Å²) in [6.07, 6.45) is 9.80. The lowest BCUT2D eigenvalue weighted by molar-refractivity contribution is 0.191. The molecule has 1 N–H and O–H groups in total. The SMILES string of the molecule is C=C(NC(C)(CC)C1CCCCC1)c1ccnn1C. The Morgan fingerprint density at radius 3 is 2.68 bits per heavy atom. The number of rotatable bonds is 5. The Balaban J connectivity index is 2.09. The van der Waals surface area contributed by atoms with Crippen molar-refractivity contribution in [2.24, 2.45) is 13.0 Å². The van der Waals surface area contributed by atoms with Gasteiger partial charge in [-0.1, -0.05) is 32.8 Å². The molecule has 0 radical (unpaired) electrons. The van der Waals surface area contributed by atoms with E-state index in [2.05, 4.69) is 30.8 Å². The number of hydrogen-bond acceptors (Lipinski definition) is 2. The lowest BCUT2D eigenvalue weighted by Crippen LogP contribution is -2.48. The minimum atomic E-state index is 0.155. The number of nitrogens with one attached hydrogen (secondary N) is 1. The molecule has 1 fully saturated rings. The molecule has 1 atom stereocenters. The highest BCUT2D eigenvalue weighted by molar-refractivity contribution is 5.59. The van der Waals surface area contributed by atoms with Gasteiger partial charge in [-0.25, -0.2) is 0 Å². The van der Waals surface area contributed by atoms with Crippen molar-refractivity contribution in [2.75, 3.05) is 0 Å². The molecule has 1 aliphatic carbocycles. The molecule has 3 nitrogen and oxygen atoms in total. The second-order valence-corrected chi connectivity index (χ2v) is 6.05. The third kappa shape index (κ3) is 3.02. The zero-order valence-corrected chi connectivity index (χ0v) is 12.6. The van der Waals surface area contributed by atoms with Gasteiger partial charge in [0.15, 0.2) is 0 Å². The molecule has 1 saturated carbocycles. The van der Waals surface area contributed by atoms with Crippen molar-refractivity contribution < 1.29 is 0 Å². The molecule has 0 amide bonds. The van der Waals surface area contributed by atoms with Crippen LogP contribution in [0.25, 0.3) is 5.70 Å². The van der Waals surface area contributed by atoms with E-state index in [0.717, 1.165) is 23.7 Å². The maximum atomic E-state index is 4.22. The van der Waals surface area contributed by atoms with Gasteiger partial charge in [-0.15, -0.1) is 0 Å². The standard InChI is InChI=1S/C16H27N3/c1-5-16(3,14-9-7-6-8-10-14)18-13(2)15-11-12-17-19(15)4/h11-12,14,18H,2,5-10H2,1,3-4H3. The molecular formula is C16H27N3. The monoisotopic (exact) mass is 261 g/mol. The summed E-state index contributed by atoms with van der Waals surface area (Å²) in [5.74, 6) is 0.760. The van der Waals surface area contributed by atoms with Crippen LogP contribution in [0.5, 0.6) is 0 Å². The molecule has 1 unspecified atom stereocenters. The molecule has 2 rings (SSSR count). The largest absolute Gasteiger partial charge is 0.378 e. The number of nitrogens with zero attached hydrogens (tertiary/aromatic N) is 2. The van der Waals surface area contributed by atoms with Crippen LogP contribution < -0.4 is 5.32 Å². The Labute approximate surface area is 117 Å². The molecule has 0 saturated heterocycles. The molecule has 106 valence electrons.